The summed E-state index contributed by atoms with van der Waals surface area (Å²) in [5.74, 6) is -1.87. The van der Waals surface area contributed by atoms with Crippen molar-refractivity contribution in [3.63, 3.8) is 0 Å². The highest BCUT2D eigenvalue weighted by Gasteiger charge is 2.13. The molecule has 0 aliphatic heterocycles. The minimum atomic E-state index is -0.665. The van der Waals surface area contributed by atoms with E-state index in [1.807, 2.05) is 0 Å². The maximum atomic E-state index is 11.7. The van der Waals surface area contributed by atoms with E-state index in [0.717, 1.165) is 16.9 Å². The number of rotatable bonds is 6. The number of halogens is 1. The van der Waals surface area contributed by atoms with Crippen LogP contribution in [0.4, 0.5) is 5.00 Å². The first kappa shape index (κ1) is 17.7. The van der Waals surface area contributed by atoms with Gasteiger partial charge in [0.25, 0.3) is 11.8 Å². The van der Waals surface area contributed by atoms with Gasteiger partial charge in [0.05, 0.1) is 5.56 Å². The van der Waals surface area contributed by atoms with Gasteiger partial charge in [0.2, 0.25) is 0 Å². The minimum absolute atomic E-state index is 0.210. The Kier molecular flexibility index (Phi) is 6.11. The number of anilines is 1. The third kappa shape index (κ3) is 5.22. The van der Waals surface area contributed by atoms with Gasteiger partial charge in [-0.05, 0) is 35.2 Å². The van der Waals surface area contributed by atoms with Gasteiger partial charge in [0.1, 0.15) is 5.00 Å². The molecule has 1 aromatic carbocycles. The molecule has 2 rings (SSSR count). The molecule has 2 aromatic rings. The summed E-state index contributed by atoms with van der Waals surface area (Å²) in [4.78, 5) is 34.5. The van der Waals surface area contributed by atoms with Crippen molar-refractivity contribution in [2.75, 3.05) is 11.9 Å². The number of ether oxygens (including phenoxy) is 1. The second kappa shape index (κ2) is 8.28. The second-order valence-electron chi connectivity index (χ2n) is 4.57. The lowest BCUT2D eigenvalue weighted by Crippen LogP contribution is -2.21. The maximum Gasteiger partial charge on any atom is 0.331 e. The molecule has 0 aliphatic rings. The SMILES string of the molecule is NC(=O)c1ccsc1NC(=O)COC(=O)/C=C/c1ccc(Cl)cc1. The topological polar surface area (TPSA) is 98.5 Å². The van der Waals surface area contributed by atoms with Crippen molar-refractivity contribution < 1.29 is 19.1 Å². The molecule has 1 aromatic heterocycles. The number of nitrogens with two attached hydrogens (primary N) is 1. The number of carbonyl (C=O) groups is 3. The predicted molar refractivity (Wildman–Crippen MR) is 92.9 cm³/mol. The largest absolute Gasteiger partial charge is 0.452 e. The van der Waals surface area contributed by atoms with Crippen LogP contribution in [0.2, 0.25) is 5.02 Å². The first-order valence-electron chi connectivity index (χ1n) is 6.73. The Morgan fingerprint density at radius 3 is 2.58 bits per heavy atom. The van der Waals surface area contributed by atoms with Gasteiger partial charge >= 0.3 is 5.97 Å². The zero-order valence-corrected chi connectivity index (χ0v) is 13.9. The van der Waals surface area contributed by atoms with Crippen molar-refractivity contribution in [1.29, 1.82) is 0 Å². The molecule has 0 radical (unpaired) electrons. The Morgan fingerprint density at radius 1 is 1.21 bits per heavy atom. The molecule has 8 heteroatoms. The summed E-state index contributed by atoms with van der Waals surface area (Å²) < 4.78 is 4.82. The number of primary amides is 1. The van der Waals surface area contributed by atoms with Crippen LogP contribution in [0.5, 0.6) is 0 Å². The maximum absolute atomic E-state index is 11.7. The first-order valence-corrected chi connectivity index (χ1v) is 7.99. The van der Waals surface area contributed by atoms with Crippen LogP contribution in [0.3, 0.4) is 0 Å². The molecule has 0 saturated carbocycles. The lowest BCUT2D eigenvalue weighted by atomic mass is 10.2. The van der Waals surface area contributed by atoms with Crippen molar-refractivity contribution in [2.45, 2.75) is 0 Å². The quantitative estimate of drug-likeness (QED) is 0.608. The van der Waals surface area contributed by atoms with Crippen molar-refractivity contribution in [2.24, 2.45) is 5.73 Å². The van der Waals surface area contributed by atoms with E-state index in [1.165, 1.54) is 12.1 Å². The van der Waals surface area contributed by atoms with Gasteiger partial charge in [-0.3, -0.25) is 9.59 Å². The highest BCUT2D eigenvalue weighted by molar-refractivity contribution is 7.14. The smallest absolute Gasteiger partial charge is 0.331 e. The van der Waals surface area contributed by atoms with E-state index < -0.39 is 24.4 Å². The van der Waals surface area contributed by atoms with E-state index in [0.29, 0.717) is 10.0 Å². The van der Waals surface area contributed by atoms with Gasteiger partial charge in [-0.2, -0.15) is 0 Å². The van der Waals surface area contributed by atoms with Gasteiger partial charge in [-0.15, -0.1) is 11.3 Å². The molecule has 3 N–H and O–H groups in total. The molecule has 24 heavy (non-hydrogen) atoms. The molecule has 0 aliphatic carbocycles. The lowest BCUT2D eigenvalue weighted by Gasteiger charge is -2.04. The summed E-state index contributed by atoms with van der Waals surface area (Å²) in [7, 11) is 0. The molecular formula is C16H13ClN2O4S. The van der Waals surface area contributed by atoms with Gasteiger partial charge in [0, 0.05) is 11.1 Å². The van der Waals surface area contributed by atoms with Crippen molar-refractivity contribution in [3.05, 3.63) is 57.9 Å². The van der Waals surface area contributed by atoms with Crippen LogP contribution in [0, 0.1) is 0 Å². The van der Waals surface area contributed by atoms with Gasteiger partial charge in [0.15, 0.2) is 6.61 Å². The van der Waals surface area contributed by atoms with Crippen molar-refractivity contribution >= 4 is 51.8 Å². The molecule has 0 spiro atoms. The number of carbonyl (C=O) groups excluding carboxylic acids is 3. The highest BCUT2D eigenvalue weighted by Crippen LogP contribution is 2.22. The molecule has 0 unspecified atom stereocenters. The van der Waals surface area contributed by atoms with Gasteiger partial charge in [-0.25, -0.2) is 4.79 Å². The average Bonchev–Trinajstić information content (AvgIpc) is 3.00. The summed E-state index contributed by atoms with van der Waals surface area (Å²) in [6.07, 6.45) is 2.75. The van der Waals surface area contributed by atoms with E-state index in [-0.39, 0.29) is 5.56 Å². The van der Waals surface area contributed by atoms with Crippen molar-refractivity contribution in [1.82, 2.24) is 0 Å². The fraction of sp³-hybridized carbons (Fsp3) is 0.0625. The number of thiophene rings is 1. The standard InChI is InChI=1S/C16H13ClN2O4S/c17-11-4-1-10(2-5-11)3-6-14(21)23-9-13(20)19-16-12(15(18)22)7-8-24-16/h1-8H,9H2,(H2,18,22)(H,19,20)/b6-3+. The summed E-state index contributed by atoms with van der Waals surface area (Å²) in [5.41, 5.74) is 6.15. The zero-order chi connectivity index (χ0) is 17.5. The third-order valence-corrected chi connectivity index (χ3v) is 3.89. The summed E-state index contributed by atoms with van der Waals surface area (Å²) in [5, 5.41) is 5.00. The molecule has 2 amide bonds. The molecule has 0 fully saturated rings. The number of hydrogen-bond donors (Lipinski definition) is 2. The Balaban J connectivity index is 1.82. The Labute approximate surface area is 146 Å². The summed E-state index contributed by atoms with van der Waals surface area (Å²) in [6.45, 7) is -0.472. The first-order chi connectivity index (χ1) is 11.5. The predicted octanol–water partition coefficient (Wildman–Crippen LogP) is 2.70. The number of hydrogen-bond acceptors (Lipinski definition) is 5. The van der Waals surface area contributed by atoms with Crippen LogP contribution in [0.15, 0.2) is 41.8 Å². The molecule has 0 atom stereocenters. The molecule has 6 nitrogen and oxygen atoms in total. The van der Waals surface area contributed by atoms with Gasteiger partial charge in [-0.1, -0.05) is 23.7 Å². The Bertz CT molecular complexity index is 784. The van der Waals surface area contributed by atoms with Crippen LogP contribution in [0.1, 0.15) is 15.9 Å². The normalized spacial score (nSPS) is 10.5. The number of nitrogens with one attached hydrogen (secondary N) is 1. The van der Waals surface area contributed by atoms with E-state index in [9.17, 15) is 14.4 Å². The fourth-order valence-corrected chi connectivity index (χ4v) is 2.62. The Hall–Kier alpha value is -2.64. The molecular weight excluding hydrogens is 352 g/mol. The minimum Gasteiger partial charge on any atom is -0.452 e. The monoisotopic (exact) mass is 364 g/mol. The summed E-state index contributed by atoms with van der Waals surface area (Å²) >= 11 is 6.91. The second-order valence-corrected chi connectivity index (χ2v) is 5.92. The summed E-state index contributed by atoms with van der Waals surface area (Å²) in [6, 6.07) is 8.36. The molecule has 0 saturated heterocycles. The van der Waals surface area contributed by atoms with Crippen LogP contribution < -0.4 is 11.1 Å². The number of esters is 1. The molecule has 1 heterocycles. The third-order valence-electron chi connectivity index (χ3n) is 2.81. The van der Waals surface area contributed by atoms with Crippen molar-refractivity contribution in [3.8, 4) is 0 Å². The highest BCUT2D eigenvalue weighted by atomic mass is 35.5. The lowest BCUT2D eigenvalue weighted by molar-refractivity contribution is -0.142. The van der Waals surface area contributed by atoms with E-state index in [4.69, 9.17) is 22.1 Å². The van der Waals surface area contributed by atoms with E-state index in [1.54, 1.807) is 35.7 Å². The van der Waals surface area contributed by atoms with Crippen LogP contribution in [0.25, 0.3) is 6.08 Å². The number of benzene rings is 1. The van der Waals surface area contributed by atoms with Crippen LogP contribution in [-0.4, -0.2) is 24.4 Å². The molecule has 124 valence electrons. The van der Waals surface area contributed by atoms with Gasteiger partial charge < -0.3 is 15.8 Å². The fourth-order valence-electron chi connectivity index (χ4n) is 1.69. The van der Waals surface area contributed by atoms with Crippen LogP contribution in [-0.2, 0) is 14.3 Å². The Morgan fingerprint density at radius 2 is 1.92 bits per heavy atom. The average molecular weight is 365 g/mol. The van der Waals surface area contributed by atoms with E-state index in [2.05, 4.69) is 5.32 Å². The zero-order valence-electron chi connectivity index (χ0n) is 12.3. The molecule has 0 bridgehead atoms. The van der Waals surface area contributed by atoms with Crippen LogP contribution >= 0.6 is 22.9 Å². The van der Waals surface area contributed by atoms with E-state index >= 15 is 0 Å². The number of amides is 2.